The van der Waals surface area contributed by atoms with E-state index in [0.29, 0.717) is 17.0 Å². The first-order chi connectivity index (χ1) is 16.7. The minimum atomic E-state index is -0.937. The second-order valence-electron chi connectivity index (χ2n) is 8.13. The average Bonchev–Trinajstić information content (AvgIpc) is 3.10. The lowest BCUT2D eigenvalue weighted by atomic mass is 9.94. The quantitative estimate of drug-likeness (QED) is 0.248. The molecule has 0 aromatic heterocycles. The van der Waals surface area contributed by atoms with Crippen LogP contribution in [0.25, 0.3) is 5.76 Å². The Morgan fingerprint density at radius 1 is 0.971 bits per heavy atom. The highest BCUT2D eigenvalue weighted by Crippen LogP contribution is 2.46. The SMILES string of the molecule is COc1cccc(C2/C(=C(\O)c3cc(Cl)cc(Cl)c3OC)C(=O)C(=O)N2c2cccc(C)c2C)c1. The third-order valence-electron chi connectivity index (χ3n) is 6.16. The second kappa shape index (κ2) is 9.64. The molecule has 1 unspecified atom stereocenters. The van der Waals surface area contributed by atoms with E-state index in [1.807, 2.05) is 26.0 Å². The number of aliphatic hydroxyl groups excluding tert-OH is 1. The van der Waals surface area contributed by atoms with Gasteiger partial charge in [0, 0.05) is 10.7 Å². The molecule has 3 aromatic rings. The van der Waals surface area contributed by atoms with Gasteiger partial charge in [0.2, 0.25) is 0 Å². The zero-order chi connectivity index (χ0) is 25.4. The Bertz CT molecular complexity index is 1380. The van der Waals surface area contributed by atoms with Gasteiger partial charge in [-0.25, -0.2) is 0 Å². The molecule has 1 aliphatic heterocycles. The number of benzene rings is 3. The van der Waals surface area contributed by atoms with Crippen LogP contribution >= 0.6 is 23.2 Å². The Kier molecular flexibility index (Phi) is 6.79. The molecule has 0 radical (unpaired) electrons. The van der Waals surface area contributed by atoms with E-state index in [1.54, 1.807) is 30.3 Å². The maximum atomic E-state index is 13.5. The van der Waals surface area contributed by atoms with Gasteiger partial charge in [0.05, 0.1) is 36.4 Å². The molecule has 180 valence electrons. The standard InChI is InChI=1S/C27H23Cl2NO5/c1-14-7-5-10-21(15(14)2)30-23(16-8-6-9-18(11-16)34-3)22(25(32)27(30)33)24(31)19-12-17(28)13-20(29)26(19)35-4/h5-13,23,31H,1-4H3/b24-22+. The number of hydrogen-bond acceptors (Lipinski definition) is 5. The maximum absolute atomic E-state index is 13.5. The minimum absolute atomic E-state index is 0.108. The minimum Gasteiger partial charge on any atom is -0.507 e. The number of aliphatic hydroxyl groups is 1. The molecule has 4 rings (SSSR count). The molecule has 3 aromatic carbocycles. The zero-order valence-electron chi connectivity index (χ0n) is 19.6. The van der Waals surface area contributed by atoms with Crippen LogP contribution in [-0.4, -0.2) is 31.0 Å². The van der Waals surface area contributed by atoms with Crippen LogP contribution in [0.2, 0.25) is 10.0 Å². The first-order valence-electron chi connectivity index (χ1n) is 10.7. The van der Waals surface area contributed by atoms with Gasteiger partial charge < -0.3 is 14.6 Å². The van der Waals surface area contributed by atoms with Crippen molar-refractivity contribution in [3.8, 4) is 11.5 Å². The molecule has 0 aliphatic carbocycles. The number of ketones is 1. The van der Waals surface area contributed by atoms with Gasteiger partial charge in [-0.15, -0.1) is 0 Å². The number of carbonyl (C=O) groups excluding carboxylic acids is 2. The highest BCUT2D eigenvalue weighted by atomic mass is 35.5. The number of hydrogen-bond donors (Lipinski definition) is 1. The normalized spacial score (nSPS) is 17.1. The monoisotopic (exact) mass is 511 g/mol. The van der Waals surface area contributed by atoms with E-state index < -0.39 is 23.5 Å². The fraction of sp³-hybridized carbons (Fsp3) is 0.185. The van der Waals surface area contributed by atoms with Crippen molar-refractivity contribution in [3.05, 3.63) is 92.5 Å². The van der Waals surface area contributed by atoms with Gasteiger partial charge in [0.1, 0.15) is 17.3 Å². The largest absolute Gasteiger partial charge is 0.507 e. The average molecular weight is 512 g/mol. The molecule has 1 amide bonds. The first-order valence-corrected chi connectivity index (χ1v) is 11.5. The summed E-state index contributed by atoms with van der Waals surface area (Å²) in [4.78, 5) is 28.3. The number of aryl methyl sites for hydroxylation is 1. The van der Waals surface area contributed by atoms with Crippen LogP contribution < -0.4 is 14.4 Å². The second-order valence-corrected chi connectivity index (χ2v) is 8.98. The molecule has 1 N–H and O–H groups in total. The van der Waals surface area contributed by atoms with Crippen LogP contribution in [-0.2, 0) is 9.59 Å². The van der Waals surface area contributed by atoms with E-state index in [2.05, 4.69) is 0 Å². The molecule has 0 saturated carbocycles. The van der Waals surface area contributed by atoms with Crippen LogP contribution in [0, 0.1) is 13.8 Å². The van der Waals surface area contributed by atoms with Crippen LogP contribution in [0.15, 0.2) is 60.2 Å². The number of methoxy groups -OCH3 is 2. The molecule has 0 bridgehead atoms. The molecule has 6 nitrogen and oxygen atoms in total. The molecule has 0 spiro atoms. The molecule has 1 fully saturated rings. The van der Waals surface area contributed by atoms with Crippen molar-refractivity contribution < 1.29 is 24.2 Å². The number of halogens is 2. The van der Waals surface area contributed by atoms with Crippen molar-refractivity contribution >= 4 is 46.3 Å². The number of rotatable bonds is 5. The van der Waals surface area contributed by atoms with Crippen molar-refractivity contribution in [2.75, 3.05) is 19.1 Å². The Labute approximate surface area is 213 Å². The fourth-order valence-electron chi connectivity index (χ4n) is 4.29. The van der Waals surface area contributed by atoms with E-state index in [-0.39, 0.29) is 26.9 Å². The Hall–Kier alpha value is -3.48. The summed E-state index contributed by atoms with van der Waals surface area (Å²) in [5.41, 5.74) is 2.94. The highest BCUT2D eigenvalue weighted by molar-refractivity contribution is 6.52. The summed E-state index contributed by atoms with van der Waals surface area (Å²) < 4.78 is 10.8. The van der Waals surface area contributed by atoms with E-state index in [1.165, 1.54) is 31.3 Å². The third kappa shape index (κ3) is 4.24. The lowest BCUT2D eigenvalue weighted by molar-refractivity contribution is -0.132. The summed E-state index contributed by atoms with van der Waals surface area (Å²) in [6.07, 6.45) is 0. The van der Waals surface area contributed by atoms with Crippen molar-refractivity contribution in [3.63, 3.8) is 0 Å². The van der Waals surface area contributed by atoms with Gasteiger partial charge in [-0.1, -0.05) is 47.5 Å². The fourth-order valence-corrected chi connectivity index (χ4v) is 4.86. The smallest absolute Gasteiger partial charge is 0.300 e. The summed E-state index contributed by atoms with van der Waals surface area (Å²) in [5, 5.41) is 11.9. The van der Waals surface area contributed by atoms with Crippen LogP contribution in [0.4, 0.5) is 5.69 Å². The van der Waals surface area contributed by atoms with Gasteiger partial charge in [0.15, 0.2) is 0 Å². The van der Waals surface area contributed by atoms with Crippen molar-refractivity contribution in [2.45, 2.75) is 19.9 Å². The topological polar surface area (TPSA) is 76.1 Å². The Morgan fingerprint density at radius 2 is 1.69 bits per heavy atom. The lowest BCUT2D eigenvalue weighted by Gasteiger charge is -2.27. The molecule has 8 heteroatoms. The number of anilines is 1. The van der Waals surface area contributed by atoms with Gasteiger partial charge in [0.25, 0.3) is 11.7 Å². The third-order valence-corrected chi connectivity index (χ3v) is 6.66. The van der Waals surface area contributed by atoms with Gasteiger partial charge in [-0.2, -0.15) is 0 Å². The summed E-state index contributed by atoms with van der Waals surface area (Å²) in [7, 11) is 2.92. The highest BCUT2D eigenvalue weighted by Gasteiger charge is 2.47. The summed E-state index contributed by atoms with van der Waals surface area (Å²) in [6, 6.07) is 14.5. The van der Waals surface area contributed by atoms with Crippen molar-refractivity contribution in [1.29, 1.82) is 0 Å². The number of Topliss-reactive ketones (excluding diaryl/α,β-unsaturated/α-hetero) is 1. The van der Waals surface area contributed by atoms with Crippen molar-refractivity contribution in [1.82, 2.24) is 0 Å². The Morgan fingerprint density at radius 3 is 2.37 bits per heavy atom. The van der Waals surface area contributed by atoms with Crippen LogP contribution in [0.5, 0.6) is 11.5 Å². The van der Waals surface area contributed by atoms with E-state index >= 15 is 0 Å². The molecule has 35 heavy (non-hydrogen) atoms. The Balaban J connectivity index is 2.05. The van der Waals surface area contributed by atoms with E-state index in [9.17, 15) is 14.7 Å². The first kappa shape index (κ1) is 24.6. The van der Waals surface area contributed by atoms with Crippen LogP contribution in [0.3, 0.4) is 0 Å². The predicted molar refractivity (Wildman–Crippen MR) is 137 cm³/mol. The maximum Gasteiger partial charge on any atom is 0.300 e. The van der Waals surface area contributed by atoms with Gasteiger partial charge >= 0.3 is 0 Å². The molecule has 1 heterocycles. The number of nitrogens with zero attached hydrogens (tertiary/aromatic N) is 1. The molecule has 1 atom stereocenters. The lowest BCUT2D eigenvalue weighted by Crippen LogP contribution is -2.30. The molecule has 1 aliphatic rings. The number of amides is 1. The van der Waals surface area contributed by atoms with Crippen molar-refractivity contribution in [2.24, 2.45) is 0 Å². The molecular formula is C27H23Cl2NO5. The number of ether oxygens (including phenoxy) is 2. The molecule has 1 saturated heterocycles. The van der Waals surface area contributed by atoms with Crippen LogP contribution in [0.1, 0.15) is 28.3 Å². The summed E-state index contributed by atoms with van der Waals surface area (Å²) >= 11 is 12.5. The van der Waals surface area contributed by atoms with E-state index in [0.717, 1.165) is 11.1 Å². The van der Waals surface area contributed by atoms with Gasteiger partial charge in [-0.05, 0) is 60.9 Å². The predicted octanol–water partition coefficient (Wildman–Crippen LogP) is 6.25. The van der Waals surface area contributed by atoms with Gasteiger partial charge in [-0.3, -0.25) is 14.5 Å². The van der Waals surface area contributed by atoms with E-state index in [4.69, 9.17) is 32.7 Å². The molecular weight excluding hydrogens is 489 g/mol. The number of carbonyl (C=O) groups is 2. The zero-order valence-corrected chi connectivity index (χ0v) is 21.1. The summed E-state index contributed by atoms with van der Waals surface area (Å²) in [6.45, 7) is 3.81. The summed E-state index contributed by atoms with van der Waals surface area (Å²) in [5.74, 6) is -1.37.